The lowest BCUT2D eigenvalue weighted by Crippen LogP contribution is -2.03. The Morgan fingerprint density at radius 3 is 2.90 bits per heavy atom. The van der Waals surface area contributed by atoms with Crippen LogP contribution in [0.1, 0.15) is 25.1 Å². The number of aromatic nitrogens is 2. The normalized spacial score (nSPS) is 13.4. The molecule has 0 saturated heterocycles. The molecule has 0 aliphatic carbocycles. The van der Waals surface area contributed by atoms with Gasteiger partial charge in [-0.15, -0.1) is 0 Å². The Morgan fingerprint density at radius 1 is 1.33 bits per heavy atom. The van der Waals surface area contributed by atoms with E-state index in [4.69, 9.17) is 16.3 Å². The summed E-state index contributed by atoms with van der Waals surface area (Å²) in [6, 6.07) is 6.07. The van der Waals surface area contributed by atoms with Crippen LogP contribution in [0.5, 0.6) is 5.75 Å². The van der Waals surface area contributed by atoms with Crippen LogP contribution in [0.4, 0.5) is 0 Å². The Bertz CT molecular complexity index is 688. The van der Waals surface area contributed by atoms with Crippen LogP contribution >= 0.6 is 27.5 Å². The van der Waals surface area contributed by atoms with E-state index in [0.717, 1.165) is 40.9 Å². The number of hydrogen-bond acceptors (Lipinski definition) is 3. The summed E-state index contributed by atoms with van der Waals surface area (Å²) in [4.78, 5) is 9.09. The van der Waals surface area contributed by atoms with Gasteiger partial charge in [-0.3, -0.25) is 0 Å². The molecule has 110 valence electrons. The first-order valence-electron chi connectivity index (χ1n) is 7.02. The highest BCUT2D eigenvalue weighted by Crippen LogP contribution is 2.32. The zero-order valence-electron chi connectivity index (χ0n) is 12.0. The van der Waals surface area contributed by atoms with E-state index in [1.54, 1.807) is 0 Å². The van der Waals surface area contributed by atoms with Gasteiger partial charge in [-0.25, -0.2) is 9.97 Å². The summed E-state index contributed by atoms with van der Waals surface area (Å²) >= 11 is 9.74. The summed E-state index contributed by atoms with van der Waals surface area (Å²) in [5, 5.41) is 0.465. The van der Waals surface area contributed by atoms with E-state index in [1.807, 2.05) is 12.1 Å². The standard InChI is InChI=1S/C16H16BrClN2O/c1-9(2)7-12-14(17)15(18)20-16(19-12)11-3-4-13-10(8-11)5-6-21-13/h3-4,8-9H,5-7H2,1-2H3. The molecule has 3 rings (SSSR count). The Hall–Kier alpha value is -1.13. The summed E-state index contributed by atoms with van der Waals surface area (Å²) in [7, 11) is 0. The minimum absolute atomic E-state index is 0.465. The first kappa shape index (κ1) is 14.8. The highest BCUT2D eigenvalue weighted by atomic mass is 79.9. The molecule has 1 aromatic heterocycles. The van der Waals surface area contributed by atoms with Crippen LogP contribution < -0.4 is 4.74 Å². The minimum atomic E-state index is 0.465. The van der Waals surface area contributed by atoms with Crippen LogP contribution in [0.15, 0.2) is 22.7 Å². The molecule has 0 bridgehead atoms. The van der Waals surface area contributed by atoms with Crippen LogP contribution in [0.25, 0.3) is 11.4 Å². The van der Waals surface area contributed by atoms with Crippen molar-refractivity contribution in [2.45, 2.75) is 26.7 Å². The van der Waals surface area contributed by atoms with E-state index in [9.17, 15) is 0 Å². The molecule has 5 heteroatoms. The average molecular weight is 368 g/mol. The van der Waals surface area contributed by atoms with Gasteiger partial charge in [0.05, 0.1) is 16.8 Å². The van der Waals surface area contributed by atoms with Gasteiger partial charge in [0.15, 0.2) is 5.82 Å². The second-order valence-corrected chi connectivity index (χ2v) is 6.77. The third kappa shape index (κ3) is 3.06. The average Bonchev–Trinajstić information content (AvgIpc) is 2.90. The molecule has 0 saturated carbocycles. The quantitative estimate of drug-likeness (QED) is 0.738. The zero-order chi connectivity index (χ0) is 15.0. The van der Waals surface area contributed by atoms with E-state index in [-0.39, 0.29) is 0 Å². The maximum absolute atomic E-state index is 6.25. The molecule has 0 spiro atoms. The molecular formula is C16H16BrClN2O. The van der Waals surface area contributed by atoms with Gasteiger partial charge in [0, 0.05) is 12.0 Å². The van der Waals surface area contributed by atoms with Gasteiger partial charge < -0.3 is 4.74 Å². The summed E-state index contributed by atoms with van der Waals surface area (Å²) < 4.78 is 6.33. The minimum Gasteiger partial charge on any atom is -0.493 e. The molecule has 0 radical (unpaired) electrons. The molecule has 21 heavy (non-hydrogen) atoms. The van der Waals surface area contributed by atoms with Crippen LogP contribution in [-0.2, 0) is 12.8 Å². The number of nitrogens with zero attached hydrogens (tertiary/aromatic N) is 2. The SMILES string of the molecule is CC(C)Cc1nc(-c2ccc3c(c2)CCO3)nc(Cl)c1Br. The van der Waals surface area contributed by atoms with Gasteiger partial charge in [0.2, 0.25) is 0 Å². The summed E-state index contributed by atoms with van der Waals surface area (Å²) in [6.07, 6.45) is 1.80. The maximum Gasteiger partial charge on any atom is 0.161 e. The monoisotopic (exact) mass is 366 g/mol. The molecule has 1 aromatic carbocycles. The topological polar surface area (TPSA) is 35.0 Å². The lowest BCUT2D eigenvalue weighted by Gasteiger charge is -2.10. The Balaban J connectivity index is 2.04. The van der Waals surface area contributed by atoms with Gasteiger partial charge >= 0.3 is 0 Å². The van der Waals surface area contributed by atoms with E-state index >= 15 is 0 Å². The number of ether oxygens (including phenoxy) is 1. The third-order valence-corrected chi connectivity index (χ3v) is 4.76. The molecule has 3 nitrogen and oxygen atoms in total. The van der Waals surface area contributed by atoms with Crippen LogP contribution in [0, 0.1) is 5.92 Å². The summed E-state index contributed by atoms with van der Waals surface area (Å²) in [6.45, 7) is 5.07. The van der Waals surface area contributed by atoms with Crippen molar-refractivity contribution in [3.05, 3.63) is 39.1 Å². The van der Waals surface area contributed by atoms with Crippen molar-refractivity contribution >= 4 is 27.5 Å². The fourth-order valence-electron chi connectivity index (χ4n) is 2.44. The van der Waals surface area contributed by atoms with Crippen molar-refractivity contribution in [1.82, 2.24) is 9.97 Å². The summed E-state index contributed by atoms with van der Waals surface area (Å²) in [5.74, 6) is 2.14. The number of benzene rings is 1. The third-order valence-electron chi connectivity index (χ3n) is 3.43. The van der Waals surface area contributed by atoms with E-state index in [2.05, 4.69) is 45.8 Å². The van der Waals surface area contributed by atoms with Crippen molar-refractivity contribution in [2.75, 3.05) is 6.61 Å². The molecule has 0 amide bonds. The fraction of sp³-hybridized carbons (Fsp3) is 0.375. The fourth-order valence-corrected chi connectivity index (χ4v) is 2.97. The molecule has 0 unspecified atom stereocenters. The first-order valence-corrected chi connectivity index (χ1v) is 8.19. The first-order chi connectivity index (χ1) is 10.0. The Kier molecular flexibility index (Phi) is 4.18. The highest BCUT2D eigenvalue weighted by Gasteiger charge is 2.16. The van der Waals surface area contributed by atoms with Crippen molar-refractivity contribution < 1.29 is 4.74 Å². The number of rotatable bonds is 3. The molecular weight excluding hydrogens is 352 g/mol. The molecule has 1 aliphatic heterocycles. The smallest absolute Gasteiger partial charge is 0.161 e. The highest BCUT2D eigenvalue weighted by molar-refractivity contribution is 9.10. The van der Waals surface area contributed by atoms with Gasteiger partial charge in [0.1, 0.15) is 10.9 Å². The second kappa shape index (κ2) is 5.93. The van der Waals surface area contributed by atoms with E-state index in [0.29, 0.717) is 16.9 Å². The van der Waals surface area contributed by atoms with Gasteiger partial charge in [0.25, 0.3) is 0 Å². The number of halogens is 2. The molecule has 0 fully saturated rings. The molecule has 1 aliphatic rings. The van der Waals surface area contributed by atoms with Crippen molar-refractivity contribution in [3.63, 3.8) is 0 Å². The zero-order valence-corrected chi connectivity index (χ0v) is 14.3. The predicted octanol–water partition coefficient (Wildman–Crippen LogP) is 4.69. The molecule has 2 heterocycles. The number of fused-ring (bicyclic) bond motifs is 1. The number of hydrogen-bond donors (Lipinski definition) is 0. The Morgan fingerprint density at radius 2 is 2.14 bits per heavy atom. The Labute approximate surface area is 137 Å². The maximum atomic E-state index is 6.25. The second-order valence-electron chi connectivity index (χ2n) is 5.62. The van der Waals surface area contributed by atoms with Crippen LogP contribution in [0.2, 0.25) is 5.15 Å². The largest absolute Gasteiger partial charge is 0.493 e. The van der Waals surface area contributed by atoms with Crippen molar-refractivity contribution in [1.29, 1.82) is 0 Å². The molecule has 2 aromatic rings. The van der Waals surface area contributed by atoms with Gasteiger partial charge in [-0.05, 0) is 52.0 Å². The summed E-state index contributed by atoms with van der Waals surface area (Å²) in [5.41, 5.74) is 3.15. The lowest BCUT2D eigenvalue weighted by molar-refractivity contribution is 0.357. The van der Waals surface area contributed by atoms with E-state index in [1.165, 1.54) is 5.56 Å². The predicted molar refractivity (Wildman–Crippen MR) is 87.9 cm³/mol. The lowest BCUT2D eigenvalue weighted by atomic mass is 10.1. The van der Waals surface area contributed by atoms with Crippen molar-refractivity contribution in [2.24, 2.45) is 5.92 Å². The van der Waals surface area contributed by atoms with Gasteiger partial charge in [-0.2, -0.15) is 0 Å². The van der Waals surface area contributed by atoms with E-state index < -0.39 is 0 Å². The van der Waals surface area contributed by atoms with Gasteiger partial charge in [-0.1, -0.05) is 25.4 Å². The van der Waals surface area contributed by atoms with Crippen LogP contribution in [-0.4, -0.2) is 16.6 Å². The molecule has 0 atom stereocenters. The van der Waals surface area contributed by atoms with Crippen LogP contribution in [0.3, 0.4) is 0 Å². The molecule has 0 N–H and O–H groups in total. The van der Waals surface area contributed by atoms with Crippen molar-refractivity contribution in [3.8, 4) is 17.1 Å².